The van der Waals surface area contributed by atoms with Crippen molar-refractivity contribution in [3.63, 3.8) is 0 Å². The summed E-state index contributed by atoms with van der Waals surface area (Å²) in [6.45, 7) is 5.77. The maximum Gasteiger partial charge on any atom is 0.196 e. The third kappa shape index (κ3) is 3.34. The highest BCUT2D eigenvalue weighted by molar-refractivity contribution is 5.81. The minimum absolute atomic E-state index is 0.0284. The van der Waals surface area contributed by atoms with Crippen LogP contribution < -0.4 is 5.43 Å². The fraction of sp³-hybridized carbons (Fsp3) is 0.240. The lowest BCUT2D eigenvalue weighted by Crippen LogP contribution is -2.35. The van der Waals surface area contributed by atoms with Gasteiger partial charge in [-0.25, -0.2) is 0 Å². The summed E-state index contributed by atoms with van der Waals surface area (Å²) in [5, 5.41) is 11.4. The van der Waals surface area contributed by atoms with E-state index in [2.05, 4.69) is 0 Å². The lowest BCUT2D eigenvalue weighted by molar-refractivity contribution is 0.0654. The number of fused-ring (bicyclic) bond motifs is 1. The monoisotopic (exact) mass is 372 g/mol. The van der Waals surface area contributed by atoms with E-state index in [4.69, 9.17) is 4.42 Å². The van der Waals surface area contributed by atoms with Crippen LogP contribution in [0.1, 0.15) is 23.6 Å². The molecule has 3 aromatic rings. The molecule has 0 radical (unpaired) electrons. The van der Waals surface area contributed by atoms with Crippen molar-refractivity contribution in [1.82, 2.24) is 0 Å². The Kier molecular flexibility index (Phi) is 4.56. The predicted molar refractivity (Wildman–Crippen MR) is 113 cm³/mol. The molecule has 1 aromatic heterocycles. The number of hydrogen-bond donors (Lipinski definition) is 1. The molecule has 1 heterocycles. The molecule has 4 rings (SSSR count). The molecule has 1 aliphatic rings. The molecule has 0 saturated heterocycles. The standard InChI is InChI=1S/C25H24O3/c1-16-7-10-18(11-8-16)24-21(15-19-6-4-5-13-25(19,3)27)23(26)20-14-17(2)9-12-22(20)28-24/h4-14,19,27H,15H2,1-3H3. The van der Waals surface area contributed by atoms with Gasteiger partial charge in [-0.3, -0.25) is 4.79 Å². The van der Waals surface area contributed by atoms with E-state index in [0.29, 0.717) is 28.7 Å². The zero-order chi connectivity index (χ0) is 19.9. The van der Waals surface area contributed by atoms with E-state index in [1.54, 1.807) is 13.0 Å². The molecule has 2 aromatic carbocycles. The summed E-state index contributed by atoms with van der Waals surface area (Å²) < 4.78 is 6.24. The van der Waals surface area contributed by atoms with Gasteiger partial charge in [-0.15, -0.1) is 0 Å². The van der Waals surface area contributed by atoms with Gasteiger partial charge in [0.25, 0.3) is 0 Å². The molecular weight excluding hydrogens is 348 g/mol. The van der Waals surface area contributed by atoms with E-state index in [0.717, 1.165) is 16.7 Å². The quantitative estimate of drug-likeness (QED) is 0.695. The molecule has 0 bridgehead atoms. The highest BCUT2D eigenvalue weighted by Gasteiger charge is 2.31. The number of aryl methyl sites for hydroxylation is 2. The van der Waals surface area contributed by atoms with Crippen LogP contribution in [-0.2, 0) is 6.42 Å². The van der Waals surface area contributed by atoms with Crippen molar-refractivity contribution in [2.24, 2.45) is 5.92 Å². The second-order valence-electron chi connectivity index (χ2n) is 7.88. The first-order valence-corrected chi connectivity index (χ1v) is 9.57. The Balaban J connectivity index is 1.93. The average Bonchev–Trinajstić information content (AvgIpc) is 2.66. The molecule has 1 N–H and O–H groups in total. The third-order valence-electron chi connectivity index (χ3n) is 5.52. The molecule has 1 aliphatic carbocycles. The van der Waals surface area contributed by atoms with E-state index in [-0.39, 0.29) is 11.3 Å². The van der Waals surface area contributed by atoms with Gasteiger partial charge >= 0.3 is 0 Å². The number of allylic oxidation sites excluding steroid dienone is 2. The van der Waals surface area contributed by atoms with Gasteiger partial charge in [0.05, 0.1) is 11.0 Å². The van der Waals surface area contributed by atoms with Crippen molar-refractivity contribution < 1.29 is 9.52 Å². The van der Waals surface area contributed by atoms with E-state index >= 15 is 0 Å². The number of benzene rings is 2. The van der Waals surface area contributed by atoms with Crippen LogP contribution in [0.5, 0.6) is 0 Å². The van der Waals surface area contributed by atoms with E-state index in [1.807, 2.05) is 74.5 Å². The molecule has 3 heteroatoms. The molecule has 0 fully saturated rings. The second-order valence-corrected chi connectivity index (χ2v) is 7.88. The zero-order valence-corrected chi connectivity index (χ0v) is 16.4. The van der Waals surface area contributed by atoms with E-state index < -0.39 is 5.60 Å². The molecule has 28 heavy (non-hydrogen) atoms. The SMILES string of the molecule is Cc1ccc(-c2oc3ccc(C)cc3c(=O)c2CC2C=CC=CC2(C)O)cc1. The Morgan fingerprint density at radius 3 is 2.46 bits per heavy atom. The average molecular weight is 372 g/mol. The van der Waals surface area contributed by atoms with Crippen LogP contribution in [0.15, 0.2) is 76.0 Å². The van der Waals surface area contributed by atoms with Crippen LogP contribution in [0.3, 0.4) is 0 Å². The first-order valence-electron chi connectivity index (χ1n) is 9.57. The van der Waals surface area contributed by atoms with Crippen molar-refractivity contribution in [3.8, 4) is 11.3 Å². The molecule has 0 amide bonds. The van der Waals surface area contributed by atoms with Gasteiger partial charge in [-0.05, 0) is 39.3 Å². The largest absolute Gasteiger partial charge is 0.456 e. The van der Waals surface area contributed by atoms with Crippen LogP contribution in [0.25, 0.3) is 22.3 Å². The summed E-state index contributed by atoms with van der Waals surface area (Å²) in [5.41, 5.74) is 3.18. The van der Waals surface area contributed by atoms with Gasteiger partial charge < -0.3 is 9.52 Å². The highest BCUT2D eigenvalue weighted by atomic mass is 16.3. The minimum Gasteiger partial charge on any atom is -0.456 e. The van der Waals surface area contributed by atoms with Gasteiger partial charge in [0.2, 0.25) is 0 Å². The first kappa shape index (κ1) is 18.5. The van der Waals surface area contributed by atoms with Crippen molar-refractivity contribution in [3.05, 3.63) is 93.7 Å². The van der Waals surface area contributed by atoms with Gasteiger partial charge in [0, 0.05) is 17.0 Å². The summed E-state index contributed by atoms with van der Waals surface area (Å²) in [6.07, 6.45) is 7.89. The zero-order valence-electron chi connectivity index (χ0n) is 16.4. The van der Waals surface area contributed by atoms with Crippen molar-refractivity contribution in [1.29, 1.82) is 0 Å². The Labute approximate surface area is 164 Å². The van der Waals surface area contributed by atoms with Gasteiger partial charge in [-0.2, -0.15) is 0 Å². The maximum absolute atomic E-state index is 13.4. The second kappa shape index (κ2) is 6.92. The normalized spacial score (nSPS) is 21.4. The lowest BCUT2D eigenvalue weighted by atomic mass is 9.80. The summed E-state index contributed by atoms with van der Waals surface area (Å²) >= 11 is 0. The number of aliphatic hydroxyl groups is 1. The van der Waals surface area contributed by atoms with Crippen LogP contribution in [-0.4, -0.2) is 10.7 Å². The summed E-state index contributed by atoms with van der Waals surface area (Å²) in [5.74, 6) is 0.381. The fourth-order valence-corrected chi connectivity index (χ4v) is 3.73. The summed E-state index contributed by atoms with van der Waals surface area (Å²) in [4.78, 5) is 13.4. The minimum atomic E-state index is -1.01. The molecular formula is C25H24O3. The number of rotatable bonds is 3. The molecule has 2 atom stereocenters. The summed E-state index contributed by atoms with van der Waals surface area (Å²) in [7, 11) is 0. The van der Waals surface area contributed by atoms with Crippen molar-refractivity contribution in [2.75, 3.05) is 0 Å². The van der Waals surface area contributed by atoms with Crippen LogP contribution in [0, 0.1) is 19.8 Å². The Morgan fingerprint density at radius 2 is 1.75 bits per heavy atom. The summed E-state index contributed by atoms with van der Waals surface area (Å²) in [6, 6.07) is 13.7. The van der Waals surface area contributed by atoms with Crippen LogP contribution in [0.2, 0.25) is 0 Å². The Bertz CT molecular complexity index is 1140. The van der Waals surface area contributed by atoms with E-state index in [9.17, 15) is 9.90 Å². The molecule has 142 valence electrons. The number of hydrogen-bond acceptors (Lipinski definition) is 3. The van der Waals surface area contributed by atoms with Gasteiger partial charge in [0.15, 0.2) is 5.43 Å². The smallest absolute Gasteiger partial charge is 0.196 e. The van der Waals surface area contributed by atoms with Crippen LogP contribution in [0.4, 0.5) is 0 Å². The molecule has 0 saturated carbocycles. The molecule has 2 unspecified atom stereocenters. The van der Waals surface area contributed by atoms with Gasteiger partial charge in [-0.1, -0.05) is 65.8 Å². The molecule has 3 nitrogen and oxygen atoms in total. The third-order valence-corrected chi connectivity index (χ3v) is 5.52. The van der Waals surface area contributed by atoms with Gasteiger partial charge in [0.1, 0.15) is 11.3 Å². The van der Waals surface area contributed by atoms with Crippen LogP contribution >= 0.6 is 0 Å². The van der Waals surface area contributed by atoms with Crippen molar-refractivity contribution >= 4 is 11.0 Å². The Morgan fingerprint density at radius 1 is 1.04 bits per heavy atom. The molecule has 0 aliphatic heterocycles. The topological polar surface area (TPSA) is 50.4 Å². The molecule has 0 spiro atoms. The highest BCUT2D eigenvalue weighted by Crippen LogP contribution is 2.32. The lowest BCUT2D eigenvalue weighted by Gasteiger charge is -2.30. The fourth-order valence-electron chi connectivity index (χ4n) is 3.73. The van der Waals surface area contributed by atoms with E-state index in [1.165, 1.54) is 0 Å². The predicted octanol–water partition coefficient (Wildman–Crippen LogP) is 5.11. The Hall–Kier alpha value is -2.91. The van der Waals surface area contributed by atoms with Crippen molar-refractivity contribution in [2.45, 2.75) is 32.8 Å². The maximum atomic E-state index is 13.4. The first-order chi connectivity index (χ1) is 13.3.